The number of pyridine rings is 1. The van der Waals surface area contributed by atoms with Gasteiger partial charge in [0.15, 0.2) is 11.6 Å². The van der Waals surface area contributed by atoms with Crippen molar-refractivity contribution in [2.75, 3.05) is 0 Å². The van der Waals surface area contributed by atoms with Gasteiger partial charge in [-0.15, -0.1) is 0 Å². The average Bonchev–Trinajstić information content (AvgIpc) is 3.15. The summed E-state index contributed by atoms with van der Waals surface area (Å²) in [5.41, 5.74) is 2.08. The fraction of sp³-hybridized carbons (Fsp3) is 0.318. The van der Waals surface area contributed by atoms with Crippen LogP contribution < -0.4 is 0 Å². The number of aromatic nitrogens is 4. The number of hydrogen-bond donors (Lipinski definition) is 0. The zero-order valence-electron chi connectivity index (χ0n) is 16.7. The van der Waals surface area contributed by atoms with Crippen molar-refractivity contribution < 1.29 is 4.79 Å². The Kier molecular flexibility index (Phi) is 6.09. The van der Waals surface area contributed by atoms with E-state index in [1.807, 2.05) is 18.2 Å². The topological polar surface area (TPSA) is 84.5 Å². The third-order valence-electron chi connectivity index (χ3n) is 4.60. The van der Waals surface area contributed by atoms with Crippen molar-refractivity contribution in [3.63, 3.8) is 0 Å². The first-order valence-corrected chi connectivity index (χ1v) is 9.75. The Hall–Kier alpha value is -3.04. The van der Waals surface area contributed by atoms with E-state index in [9.17, 15) is 4.79 Å². The molecule has 0 aliphatic rings. The van der Waals surface area contributed by atoms with E-state index in [4.69, 9.17) is 16.9 Å². The highest BCUT2D eigenvalue weighted by molar-refractivity contribution is 6.31. The molecule has 0 aliphatic heterocycles. The van der Waals surface area contributed by atoms with E-state index in [1.165, 1.54) is 12.5 Å². The lowest BCUT2D eigenvalue weighted by Crippen LogP contribution is -2.12. The number of carbonyl (C=O) groups is 1. The molecule has 0 spiro atoms. The van der Waals surface area contributed by atoms with Gasteiger partial charge in [-0.3, -0.25) is 4.79 Å². The Balaban J connectivity index is 1.67. The van der Waals surface area contributed by atoms with E-state index in [0.29, 0.717) is 41.2 Å². The number of nitriles is 1. The molecule has 3 aromatic rings. The van der Waals surface area contributed by atoms with Crippen LogP contribution in [0.25, 0.3) is 5.82 Å². The van der Waals surface area contributed by atoms with Crippen LogP contribution in [0.1, 0.15) is 60.9 Å². The van der Waals surface area contributed by atoms with Gasteiger partial charge in [0, 0.05) is 29.6 Å². The lowest BCUT2D eigenvalue weighted by Gasteiger charge is -2.20. The zero-order valence-corrected chi connectivity index (χ0v) is 17.4. The molecule has 0 unspecified atom stereocenters. The molecule has 2 aromatic heterocycles. The largest absolute Gasteiger partial charge is 0.294 e. The number of hydrogen-bond acceptors (Lipinski definition) is 5. The van der Waals surface area contributed by atoms with Crippen LogP contribution in [0.2, 0.25) is 5.02 Å². The second kappa shape index (κ2) is 8.54. The molecule has 0 bridgehead atoms. The lowest BCUT2D eigenvalue weighted by molar-refractivity contribution is 0.0980. The summed E-state index contributed by atoms with van der Waals surface area (Å²) in [4.78, 5) is 21.2. The second-order valence-corrected chi connectivity index (χ2v) is 8.30. The third kappa shape index (κ3) is 5.07. The van der Waals surface area contributed by atoms with Crippen molar-refractivity contribution in [3.8, 4) is 11.9 Å². The van der Waals surface area contributed by atoms with Crippen LogP contribution in [0.4, 0.5) is 0 Å². The monoisotopic (exact) mass is 407 g/mol. The second-order valence-electron chi connectivity index (χ2n) is 7.86. The van der Waals surface area contributed by atoms with E-state index in [-0.39, 0.29) is 11.2 Å². The van der Waals surface area contributed by atoms with Crippen molar-refractivity contribution >= 4 is 17.4 Å². The molecular formula is C22H22ClN5O. The summed E-state index contributed by atoms with van der Waals surface area (Å²) in [6, 6.07) is 11.0. The molecule has 0 fully saturated rings. The first-order valence-electron chi connectivity index (χ1n) is 9.37. The highest BCUT2D eigenvalue weighted by Crippen LogP contribution is 2.27. The fourth-order valence-corrected chi connectivity index (χ4v) is 3.17. The van der Waals surface area contributed by atoms with Gasteiger partial charge in [0.05, 0.1) is 5.56 Å². The quantitative estimate of drug-likeness (QED) is 0.553. The minimum Gasteiger partial charge on any atom is -0.294 e. The van der Waals surface area contributed by atoms with Gasteiger partial charge < -0.3 is 0 Å². The first-order chi connectivity index (χ1) is 13.8. The third-order valence-corrected chi connectivity index (χ3v) is 4.82. The molecule has 1 aromatic carbocycles. The number of rotatable bonds is 6. The molecule has 0 radical (unpaired) electrons. The number of aryl methyl sites for hydroxylation is 1. The summed E-state index contributed by atoms with van der Waals surface area (Å²) in [6.07, 6.45) is 4.56. The zero-order chi connectivity index (χ0) is 21.0. The van der Waals surface area contributed by atoms with Gasteiger partial charge in [-0.25, -0.2) is 9.97 Å². The molecule has 6 nitrogen and oxygen atoms in total. The Morgan fingerprint density at radius 2 is 2.00 bits per heavy atom. The molecule has 29 heavy (non-hydrogen) atoms. The maximum Gasteiger partial charge on any atom is 0.162 e. The number of ketones is 1. The molecule has 0 amide bonds. The average molecular weight is 408 g/mol. The van der Waals surface area contributed by atoms with Crippen LogP contribution in [-0.4, -0.2) is 25.5 Å². The van der Waals surface area contributed by atoms with E-state index >= 15 is 0 Å². The molecular weight excluding hydrogens is 386 g/mol. The van der Waals surface area contributed by atoms with E-state index in [1.54, 1.807) is 22.9 Å². The molecule has 0 N–H and O–H groups in total. The minimum absolute atomic E-state index is 0.0561. The van der Waals surface area contributed by atoms with Crippen LogP contribution in [-0.2, 0) is 11.8 Å². The smallest absolute Gasteiger partial charge is 0.162 e. The van der Waals surface area contributed by atoms with Gasteiger partial charge in [-0.1, -0.05) is 32.4 Å². The number of halogens is 1. The van der Waals surface area contributed by atoms with Crippen molar-refractivity contribution in [1.29, 1.82) is 5.26 Å². The number of benzene rings is 1. The lowest BCUT2D eigenvalue weighted by atomic mass is 9.85. The Labute approximate surface area is 175 Å². The molecule has 3 rings (SSSR count). The molecule has 0 atom stereocenters. The first kappa shape index (κ1) is 20.7. The molecule has 7 heteroatoms. The molecule has 148 valence electrons. The van der Waals surface area contributed by atoms with Crippen LogP contribution in [0, 0.1) is 11.3 Å². The van der Waals surface area contributed by atoms with Gasteiger partial charge >= 0.3 is 0 Å². The van der Waals surface area contributed by atoms with E-state index in [2.05, 4.69) is 35.8 Å². The number of carbonyl (C=O) groups excluding carboxylic acids is 1. The maximum atomic E-state index is 12.7. The van der Waals surface area contributed by atoms with Crippen LogP contribution in [0.5, 0.6) is 0 Å². The summed E-state index contributed by atoms with van der Waals surface area (Å²) in [7, 11) is 0. The Bertz CT molecular complexity index is 1060. The summed E-state index contributed by atoms with van der Waals surface area (Å²) in [6.45, 7) is 6.28. The summed E-state index contributed by atoms with van der Waals surface area (Å²) < 4.78 is 1.63. The SMILES string of the molecule is CC(C)(C)c1cc(Cl)cc(C(=O)CCCc2ncnn2-c2ccc(C#N)cn2)c1. The van der Waals surface area contributed by atoms with Crippen molar-refractivity contribution in [1.82, 2.24) is 19.7 Å². The van der Waals surface area contributed by atoms with Gasteiger partial charge in [0.25, 0.3) is 0 Å². The van der Waals surface area contributed by atoms with Crippen molar-refractivity contribution in [2.24, 2.45) is 0 Å². The fourth-order valence-electron chi connectivity index (χ4n) is 2.94. The van der Waals surface area contributed by atoms with Gasteiger partial charge in [-0.05, 0) is 47.7 Å². The maximum absolute atomic E-state index is 12.7. The molecule has 0 aliphatic carbocycles. The molecule has 0 saturated carbocycles. The summed E-state index contributed by atoms with van der Waals surface area (Å²) in [5, 5.41) is 13.7. The van der Waals surface area contributed by atoms with Crippen LogP contribution in [0.15, 0.2) is 42.9 Å². The summed E-state index contributed by atoms with van der Waals surface area (Å²) in [5.74, 6) is 1.37. The predicted molar refractivity (Wildman–Crippen MR) is 111 cm³/mol. The minimum atomic E-state index is -0.0789. The molecule has 2 heterocycles. The van der Waals surface area contributed by atoms with Crippen LogP contribution >= 0.6 is 11.6 Å². The van der Waals surface area contributed by atoms with Gasteiger partial charge in [0.2, 0.25) is 0 Å². The highest BCUT2D eigenvalue weighted by atomic mass is 35.5. The normalized spacial score (nSPS) is 11.3. The van der Waals surface area contributed by atoms with E-state index in [0.717, 1.165) is 11.4 Å². The molecule has 0 saturated heterocycles. The Morgan fingerprint density at radius 3 is 2.66 bits per heavy atom. The highest BCUT2D eigenvalue weighted by Gasteiger charge is 2.17. The summed E-state index contributed by atoms with van der Waals surface area (Å²) >= 11 is 6.22. The van der Waals surface area contributed by atoms with E-state index < -0.39 is 0 Å². The van der Waals surface area contributed by atoms with Gasteiger partial charge in [-0.2, -0.15) is 15.0 Å². The standard InChI is InChI=1S/C22H22ClN5O/c1-22(2,3)17-9-16(10-18(23)11-17)19(29)5-4-6-20-26-14-27-28(20)21-8-7-15(12-24)13-25-21/h7-11,13-14H,4-6H2,1-3H3. The predicted octanol–water partition coefficient (Wildman–Crippen LogP) is 4.69. The van der Waals surface area contributed by atoms with Crippen molar-refractivity contribution in [3.05, 3.63) is 70.4 Å². The van der Waals surface area contributed by atoms with Gasteiger partial charge in [0.1, 0.15) is 18.2 Å². The van der Waals surface area contributed by atoms with Crippen LogP contribution in [0.3, 0.4) is 0 Å². The number of Topliss-reactive ketones (excluding diaryl/α,β-unsaturated/α-hetero) is 1. The Morgan fingerprint density at radius 1 is 1.21 bits per heavy atom. The number of nitrogens with zero attached hydrogens (tertiary/aromatic N) is 5. The van der Waals surface area contributed by atoms with Crippen molar-refractivity contribution in [2.45, 2.75) is 45.4 Å².